The predicted molar refractivity (Wildman–Crippen MR) is 114 cm³/mol. The summed E-state index contributed by atoms with van der Waals surface area (Å²) in [6.45, 7) is 0.771. The van der Waals surface area contributed by atoms with Gasteiger partial charge in [-0.25, -0.2) is 4.98 Å². The smallest absolute Gasteiger partial charge is 0.270 e. The molecule has 0 aliphatic carbocycles. The molecule has 3 aromatic rings. The zero-order valence-electron chi connectivity index (χ0n) is 16.9. The van der Waals surface area contributed by atoms with Crippen molar-refractivity contribution in [1.29, 1.82) is 5.26 Å². The van der Waals surface area contributed by atoms with E-state index < -0.39 is 5.56 Å². The van der Waals surface area contributed by atoms with Gasteiger partial charge in [0.15, 0.2) is 0 Å². The number of hydrogen-bond acceptors (Lipinski definition) is 6. The summed E-state index contributed by atoms with van der Waals surface area (Å²) in [6.07, 6.45) is 1.94. The van der Waals surface area contributed by atoms with Gasteiger partial charge in [0.25, 0.3) is 5.56 Å². The summed E-state index contributed by atoms with van der Waals surface area (Å²) in [6, 6.07) is 17.2. The fourth-order valence-electron chi connectivity index (χ4n) is 3.85. The first-order chi connectivity index (χ1) is 14.6. The number of hydrogen-bond donors (Lipinski definition) is 1. The second kappa shape index (κ2) is 8.29. The molecule has 1 aliphatic rings. The quantitative estimate of drug-likeness (QED) is 0.700. The van der Waals surface area contributed by atoms with Crippen LogP contribution in [-0.2, 0) is 0 Å². The van der Waals surface area contributed by atoms with Crippen molar-refractivity contribution in [2.75, 3.05) is 25.7 Å². The van der Waals surface area contributed by atoms with Crippen molar-refractivity contribution in [3.05, 3.63) is 70.0 Å². The lowest BCUT2D eigenvalue weighted by atomic mass is 10.0. The van der Waals surface area contributed by atoms with Crippen molar-refractivity contribution < 1.29 is 9.47 Å². The molecule has 1 fully saturated rings. The van der Waals surface area contributed by atoms with E-state index in [0.717, 1.165) is 30.7 Å². The lowest BCUT2D eigenvalue weighted by Gasteiger charge is -2.26. The predicted octanol–water partition coefficient (Wildman–Crippen LogP) is 3.67. The van der Waals surface area contributed by atoms with Crippen molar-refractivity contribution in [3.8, 4) is 28.8 Å². The lowest BCUT2D eigenvalue weighted by molar-refractivity contribution is 0.414. The first-order valence-corrected chi connectivity index (χ1v) is 9.74. The minimum absolute atomic E-state index is 0.00381. The summed E-state index contributed by atoms with van der Waals surface area (Å²) in [5.41, 5.74) is 1.77. The molecule has 7 heteroatoms. The summed E-state index contributed by atoms with van der Waals surface area (Å²) >= 11 is 0. The minimum atomic E-state index is -0.436. The van der Waals surface area contributed by atoms with Crippen LogP contribution in [0.1, 0.15) is 30.0 Å². The van der Waals surface area contributed by atoms with Crippen molar-refractivity contribution in [2.45, 2.75) is 18.9 Å². The van der Waals surface area contributed by atoms with Crippen molar-refractivity contribution >= 4 is 5.95 Å². The SMILES string of the molecule is COc1ccc(-c2nc(N3CCCC3c3ccc(OC)cc3)[nH]c(=O)c2C#N)cc1. The molecule has 2 heterocycles. The second-order valence-electron chi connectivity index (χ2n) is 7.08. The first kappa shape index (κ1) is 19.5. The van der Waals surface area contributed by atoms with Gasteiger partial charge in [-0.2, -0.15) is 5.26 Å². The van der Waals surface area contributed by atoms with Gasteiger partial charge in [-0.05, 0) is 54.8 Å². The fourth-order valence-corrected chi connectivity index (χ4v) is 3.85. The number of ether oxygens (including phenoxy) is 2. The summed E-state index contributed by atoms with van der Waals surface area (Å²) < 4.78 is 10.5. The van der Waals surface area contributed by atoms with E-state index in [9.17, 15) is 10.1 Å². The Balaban J connectivity index is 1.75. The topological polar surface area (TPSA) is 91.2 Å². The number of rotatable bonds is 5. The molecule has 0 saturated carbocycles. The third-order valence-electron chi connectivity index (χ3n) is 5.41. The van der Waals surface area contributed by atoms with Crippen LogP contribution in [-0.4, -0.2) is 30.7 Å². The highest BCUT2D eigenvalue weighted by molar-refractivity contribution is 5.68. The van der Waals surface area contributed by atoms with Crippen molar-refractivity contribution in [1.82, 2.24) is 9.97 Å². The highest BCUT2D eigenvalue weighted by Crippen LogP contribution is 2.35. The fraction of sp³-hybridized carbons (Fsp3) is 0.261. The van der Waals surface area contributed by atoms with Crippen LogP contribution in [0.3, 0.4) is 0 Å². The molecular formula is C23H22N4O3. The number of anilines is 1. The monoisotopic (exact) mass is 402 g/mol. The van der Waals surface area contributed by atoms with E-state index in [0.29, 0.717) is 23.0 Å². The zero-order valence-corrected chi connectivity index (χ0v) is 16.9. The van der Waals surface area contributed by atoms with Crippen LogP contribution in [0.25, 0.3) is 11.3 Å². The third kappa shape index (κ3) is 3.60. The molecule has 1 aromatic heterocycles. The van der Waals surface area contributed by atoms with Gasteiger partial charge < -0.3 is 14.4 Å². The van der Waals surface area contributed by atoms with E-state index in [-0.39, 0.29) is 11.6 Å². The maximum Gasteiger partial charge on any atom is 0.270 e. The first-order valence-electron chi connectivity index (χ1n) is 9.74. The Hall–Kier alpha value is -3.79. The van der Waals surface area contributed by atoms with Crippen LogP contribution in [0.5, 0.6) is 11.5 Å². The maximum atomic E-state index is 12.7. The lowest BCUT2D eigenvalue weighted by Crippen LogP contribution is -2.28. The van der Waals surface area contributed by atoms with Gasteiger partial charge in [0.2, 0.25) is 5.95 Å². The second-order valence-corrected chi connectivity index (χ2v) is 7.08. The van der Waals surface area contributed by atoms with Gasteiger partial charge in [0.05, 0.1) is 26.0 Å². The average Bonchev–Trinajstić information content (AvgIpc) is 3.28. The molecule has 1 saturated heterocycles. The van der Waals surface area contributed by atoms with E-state index in [1.165, 1.54) is 0 Å². The highest BCUT2D eigenvalue weighted by atomic mass is 16.5. The number of aromatic nitrogens is 2. The van der Waals surface area contributed by atoms with Gasteiger partial charge in [0.1, 0.15) is 23.1 Å². The minimum Gasteiger partial charge on any atom is -0.497 e. The summed E-state index contributed by atoms with van der Waals surface area (Å²) in [5.74, 6) is 1.97. The number of methoxy groups -OCH3 is 2. The van der Waals surface area contributed by atoms with Crippen LogP contribution in [0, 0.1) is 11.3 Å². The molecule has 152 valence electrons. The molecule has 0 amide bonds. The van der Waals surface area contributed by atoms with Gasteiger partial charge >= 0.3 is 0 Å². The summed E-state index contributed by atoms with van der Waals surface area (Å²) in [4.78, 5) is 22.3. The molecule has 2 aromatic carbocycles. The Morgan fingerprint density at radius 2 is 1.70 bits per heavy atom. The number of nitriles is 1. The molecule has 1 atom stereocenters. The number of aromatic amines is 1. The highest BCUT2D eigenvalue weighted by Gasteiger charge is 2.29. The van der Waals surface area contributed by atoms with E-state index >= 15 is 0 Å². The van der Waals surface area contributed by atoms with Gasteiger partial charge in [-0.1, -0.05) is 12.1 Å². The van der Waals surface area contributed by atoms with Crippen molar-refractivity contribution in [2.24, 2.45) is 0 Å². The number of nitrogens with one attached hydrogen (secondary N) is 1. The normalized spacial score (nSPS) is 15.6. The zero-order chi connectivity index (χ0) is 21.1. The standard InChI is InChI=1S/C23H22N4O3/c1-29-17-9-5-15(6-10-17)20-4-3-13-27(20)23-25-21(19(14-24)22(28)26-23)16-7-11-18(30-2)12-8-16/h5-12,20H,3-4,13H2,1-2H3,(H,25,26,28). The van der Waals surface area contributed by atoms with E-state index in [4.69, 9.17) is 14.5 Å². The van der Waals surface area contributed by atoms with Gasteiger partial charge in [-0.15, -0.1) is 0 Å². The molecule has 4 rings (SSSR count). The van der Waals surface area contributed by atoms with Crippen LogP contribution in [0.2, 0.25) is 0 Å². The molecule has 0 spiro atoms. The van der Waals surface area contributed by atoms with Crippen molar-refractivity contribution in [3.63, 3.8) is 0 Å². The molecule has 1 unspecified atom stereocenters. The Bertz CT molecular complexity index is 1130. The van der Waals surface area contributed by atoms with Crippen LogP contribution >= 0.6 is 0 Å². The number of benzene rings is 2. The maximum absolute atomic E-state index is 12.7. The Morgan fingerprint density at radius 3 is 2.30 bits per heavy atom. The van der Waals surface area contributed by atoms with E-state index in [1.54, 1.807) is 38.5 Å². The Morgan fingerprint density at radius 1 is 1.07 bits per heavy atom. The van der Waals surface area contributed by atoms with Gasteiger partial charge in [0, 0.05) is 12.1 Å². The van der Waals surface area contributed by atoms with E-state index in [2.05, 4.69) is 9.88 Å². The van der Waals surface area contributed by atoms with Crippen LogP contribution in [0.4, 0.5) is 5.95 Å². The summed E-state index contributed by atoms with van der Waals surface area (Å²) in [7, 11) is 3.23. The number of nitrogens with zero attached hydrogens (tertiary/aromatic N) is 3. The average molecular weight is 402 g/mol. The molecule has 1 aliphatic heterocycles. The molecule has 7 nitrogen and oxygen atoms in total. The Kier molecular flexibility index (Phi) is 5.40. The summed E-state index contributed by atoms with van der Waals surface area (Å²) in [5, 5.41) is 9.54. The molecule has 0 bridgehead atoms. The van der Waals surface area contributed by atoms with Crippen LogP contribution < -0.4 is 19.9 Å². The molecule has 30 heavy (non-hydrogen) atoms. The Labute approximate surface area is 174 Å². The van der Waals surface area contributed by atoms with E-state index in [1.807, 2.05) is 30.3 Å². The van der Waals surface area contributed by atoms with Gasteiger partial charge in [-0.3, -0.25) is 9.78 Å². The number of H-pyrrole nitrogens is 1. The van der Waals surface area contributed by atoms with Crippen LogP contribution in [0.15, 0.2) is 53.3 Å². The molecular weight excluding hydrogens is 380 g/mol. The third-order valence-corrected chi connectivity index (χ3v) is 5.41. The largest absolute Gasteiger partial charge is 0.497 e. The molecule has 1 N–H and O–H groups in total. The molecule has 0 radical (unpaired) electrons.